The van der Waals surface area contributed by atoms with Crippen LogP contribution in [0.4, 0.5) is 0 Å². The molecule has 3 nitrogen and oxygen atoms in total. The molecule has 1 saturated heterocycles. The smallest absolute Gasteiger partial charge is 0.0576 e. The van der Waals surface area contributed by atoms with Gasteiger partial charge in [0.1, 0.15) is 0 Å². The van der Waals surface area contributed by atoms with E-state index in [9.17, 15) is 0 Å². The van der Waals surface area contributed by atoms with Crippen LogP contribution >= 0.6 is 0 Å². The number of pyridine rings is 1. The van der Waals surface area contributed by atoms with E-state index in [1.165, 1.54) is 25.7 Å². The van der Waals surface area contributed by atoms with Crippen molar-refractivity contribution in [2.45, 2.75) is 45.3 Å². The van der Waals surface area contributed by atoms with E-state index < -0.39 is 0 Å². The summed E-state index contributed by atoms with van der Waals surface area (Å²) in [5, 5.41) is 3.43. The Morgan fingerprint density at radius 2 is 2.41 bits per heavy atom. The molecule has 1 fully saturated rings. The Morgan fingerprint density at radius 3 is 3.18 bits per heavy atom. The lowest BCUT2D eigenvalue weighted by atomic mass is 10.1. The number of nitrogens with one attached hydrogen (secondary N) is 1. The lowest BCUT2D eigenvalue weighted by Gasteiger charge is -2.09. The Balaban J connectivity index is 1.56. The van der Waals surface area contributed by atoms with Crippen molar-refractivity contribution in [2.24, 2.45) is 0 Å². The van der Waals surface area contributed by atoms with Crippen molar-refractivity contribution in [3.05, 3.63) is 29.6 Å². The molecule has 1 aromatic heterocycles. The van der Waals surface area contributed by atoms with Crippen LogP contribution < -0.4 is 5.32 Å². The third-order valence-electron chi connectivity index (χ3n) is 3.16. The molecule has 1 N–H and O–H groups in total. The predicted molar refractivity (Wildman–Crippen MR) is 68.9 cm³/mol. The molecular formula is C14H22N2O. The Morgan fingerprint density at radius 1 is 1.47 bits per heavy atom. The molecule has 94 valence electrons. The van der Waals surface area contributed by atoms with Crippen molar-refractivity contribution >= 4 is 0 Å². The second-order valence-corrected chi connectivity index (χ2v) is 4.72. The van der Waals surface area contributed by atoms with E-state index in [2.05, 4.69) is 22.4 Å². The standard InChI is InChI=1S/C14H22N2O/c1-12-5-2-6-13(16-12)11-15-9-3-7-14-8-4-10-17-14/h2,5-6,14-15H,3-4,7-11H2,1H3. The average Bonchev–Trinajstić information content (AvgIpc) is 2.82. The Kier molecular flexibility index (Phi) is 4.95. The summed E-state index contributed by atoms with van der Waals surface area (Å²) in [6.07, 6.45) is 5.39. The molecule has 1 atom stereocenters. The van der Waals surface area contributed by atoms with Gasteiger partial charge in [-0.3, -0.25) is 4.98 Å². The Bertz CT molecular complexity index is 335. The summed E-state index contributed by atoms with van der Waals surface area (Å²) in [5.41, 5.74) is 2.21. The third-order valence-corrected chi connectivity index (χ3v) is 3.16. The number of aryl methyl sites for hydroxylation is 1. The number of ether oxygens (including phenoxy) is 1. The molecule has 1 aliphatic rings. The van der Waals surface area contributed by atoms with Gasteiger partial charge in [0.2, 0.25) is 0 Å². The Labute approximate surface area is 104 Å². The minimum atomic E-state index is 0.522. The van der Waals surface area contributed by atoms with Crippen LogP contribution in [0.5, 0.6) is 0 Å². The quantitative estimate of drug-likeness (QED) is 0.768. The largest absolute Gasteiger partial charge is 0.378 e. The maximum absolute atomic E-state index is 5.59. The molecule has 17 heavy (non-hydrogen) atoms. The van der Waals surface area contributed by atoms with Gasteiger partial charge in [0.15, 0.2) is 0 Å². The highest BCUT2D eigenvalue weighted by atomic mass is 16.5. The van der Waals surface area contributed by atoms with Crippen molar-refractivity contribution in [3.8, 4) is 0 Å². The first-order valence-electron chi connectivity index (χ1n) is 6.59. The summed E-state index contributed by atoms with van der Waals surface area (Å²) in [6.45, 7) is 4.91. The second kappa shape index (κ2) is 6.72. The fourth-order valence-electron chi connectivity index (χ4n) is 2.24. The molecule has 3 heteroatoms. The van der Waals surface area contributed by atoms with Crippen molar-refractivity contribution < 1.29 is 4.74 Å². The monoisotopic (exact) mass is 234 g/mol. The molecule has 1 aliphatic heterocycles. The van der Waals surface area contributed by atoms with E-state index in [-0.39, 0.29) is 0 Å². The highest BCUT2D eigenvalue weighted by molar-refractivity contribution is 5.09. The van der Waals surface area contributed by atoms with E-state index in [4.69, 9.17) is 4.74 Å². The highest BCUT2D eigenvalue weighted by Gasteiger charge is 2.14. The van der Waals surface area contributed by atoms with Crippen LogP contribution in [-0.2, 0) is 11.3 Å². The Hall–Kier alpha value is -0.930. The minimum absolute atomic E-state index is 0.522. The van der Waals surface area contributed by atoms with Crippen LogP contribution in [0.15, 0.2) is 18.2 Å². The molecule has 0 amide bonds. The lowest BCUT2D eigenvalue weighted by Crippen LogP contribution is -2.17. The van der Waals surface area contributed by atoms with Gasteiger partial charge in [-0.25, -0.2) is 0 Å². The first-order valence-corrected chi connectivity index (χ1v) is 6.59. The normalized spacial score (nSPS) is 19.7. The van der Waals surface area contributed by atoms with Crippen LogP contribution in [0, 0.1) is 6.92 Å². The highest BCUT2D eigenvalue weighted by Crippen LogP contribution is 2.16. The summed E-state index contributed by atoms with van der Waals surface area (Å²) >= 11 is 0. The summed E-state index contributed by atoms with van der Waals surface area (Å²) in [4.78, 5) is 4.46. The number of aromatic nitrogens is 1. The molecule has 0 aliphatic carbocycles. The van der Waals surface area contributed by atoms with E-state index >= 15 is 0 Å². The van der Waals surface area contributed by atoms with Gasteiger partial charge >= 0.3 is 0 Å². The SMILES string of the molecule is Cc1cccc(CNCCCC2CCCO2)n1. The summed E-state index contributed by atoms with van der Waals surface area (Å²) in [6, 6.07) is 6.16. The maximum atomic E-state index is 5.59. The topological polar surface area (TPSA) is 34.1 Å². The van der Waals surface area contributed by atoms with Gasteiger partial charge in [-0.1, -0.05) is 6.07 Å². The lowest BCUT2D eigenvalue weighted by molar-refractivity contribution is 0.102. The molecule has 2 rings (SSSR count). The van der Waals surface area contributed by atoms with Crippen molar-refractivity contribution in [2.75, 3.05) is 13.2 Å². The molecule has 0 radical (unpaired) electrons. The molecule has 2 heterocycles. The predicted octanol–water partition coefficient (Wildman–Crippen LogP) is 2.44. The van der Waals surface area contributed by atoms with Gasteiger partial charge in [-0.05, 0) is 51.3 Å². The van der Waals surface area contributed by atoms with Gasteiger partial charge in [0, 0.05) is 18.8 Å². The zero-order chi connectivity index (χ0) is 11.9. The van der Waals surface area contributed by atoms with E-state index in [0.29, 0.717) is 6.10 Å². The van der Waals surface area contributed by atoms with E-state index in [0.717, 1.165) is 31.1 Å². The number of hydrogen-bond donors (Lipinski definition) is 1. The van der Waals surface area contributed by atoms with Gasteiger partial charge in [-0.2, -0.15) is 0 Å². The van der Waals surface area contributed by atoms with Gasteiger partial charge in [0.05, 0.1) is 11.8 Å². The summed E-state index contributed by atoms with van der Waals surface area (Å²) in [7, 11) is 0. The number of rotatable bonds is 6. The van der Waals surface area contributed by atoms with Crippen LogP contribution in [0.3, 0.4) is 0 Å². The molecule has 0 saturated carbocycles. The van der Waals surface area contributed by atoms with Crippen molar-refractivity contribution in [3.63, 3.8) is 0 Å². The number of hydrogen-bond acceptors (Lipinski definition) is 3. The average molecular weight is 234 g/mol. The van der Waals surface area contributed by atoms with Crippen LogP contribution in [0.25, 0.3) is 0 Å². The summed E-state index contributed by atoms with van der Waals surface area (Å²) in [5.74, 6) is 0. The zero-order valence-electron chi connectivity index (χ0n) is 10.6. The third kappa shape index (κ3) is 4.44. The van der Waals surface area contributed by atoms with Crippen LogP contribution in [-0.4, -0.2) is 24.2 Å². The molecule has 1 aromatic rings. The first kappa shape index (κ1) is 12.5. The van der Waals surface area contributed by atoms with E-state index in [1.54, 1.807) is 0 Å². The fraction of sp³-hybridized carbons (Fsp3) is 0.643. The van der Waals surface area contributed by atoms with Crippen molar-refractivity contribution in [1.29, 1.82) is 0 Å². The van der Waals surface area contributed by atoms with Gasteiger partial charge < -0.3 is 10.1 Å². The zero-order valence-corrected chi connectivity index (χ0v) is 10.6. The molecule has 0 spiro atoms. The molecule has 0 aromatic carbocycles. The molecule has 1 unspecified atom stereocenters. The first-order chi connectivity index (χ1) is 8.34. The number of nitrogens with zero attached hydrogens (tertiary/aromatic N) is 1. The van der Waals surface area contributed by atoms with Crippen molar-refractivity contribution in [1.82, 2.24) is 10.3 Å². The maximum Gasteiger partial charge on any atom is 0.0576 e. The van der Waals surface area contributed by atoms with Gasteiger partial charge in [-0.15, -0.1) is 0 Å². The second-order valence-electron chi connectivity index (χ2n) is 4.72. The molecular weight excluding hydrogens is 212 g/mol. The van der Waals surface area contributed by atoms with Crippen LogP contribution in [0.2, 0.25) is 0 Å². The molecule has 0 bridgehead atoms. The minimum Gasteiger partial charge on any atom is -0.378 e. The van der Waals surface area contributed by atoms with Crippen LogP contribution in [0.1, 0.15) is 37.1 Å². The fourth-order valence-corrected chi connectivity index (χ4v) is 2.24. The van der Waals surface area contributed by atoms with E-state index in [1.807, 2.05) is 13.0 Å². The van der Waals surface area contributed by atoms with Gasteiger partial charge in [0.25, 0.3) is 0 Å². The summed E-state index contributed by atoms with van der Waals surface area (Å²) < 4.78 is 5.59.